The molecule has 1 fully saturated rings. The Bertz CT molecular complexity index is 1520. The average molecular weight is 590 g/mol. The molecule has 3 aliphatic heterocycles. The summed E-state index contributed by atoms with van der Waals surface area (Å²) in [5.41, 5.74) is 4.68. The van der Waals surface area contributed by atoms with Crippen molar-refractivity contribution in [1.29, 1.82) is 0 Å². The normalized spacial score (nSPS) is 18.7. The van der Waals surface area contributed by atoms with Crippen LogP contribution >= 0.6 is 0 Å². The molecule has 1 saturated heterocycles. The number of carbonyl (C=O) groups excluding carboxylic acids is 2. The fraction of sp³-hybridized carbons (Fsp3) is 0.406. The van der Waals surface area contributed by atoms with Crippen LogP contribution in [0.2, 0.25) is 0 Å². The molecule has 2 amide bonds. The molecule has 3 aromatic rings. The number of pyridine rings is 1. The van der Waals surface area contributed by atoms with Crippen LogP contribution in [0.15, 0.2) is 48.7 Å². The van der Waals surface area contributed by atoms with Crippen LogP contribution in [0.3, 0.4) is 0 Å². The maximum Gasteiger partial charge on any atom is 0.261 e. The van der Waals surface area contributed by atoms with Crippen molar-refractivity contribution < 1.29 is 28.6 Å². The third kappa shape index (κ3) is 5.93. The number of halogens is 1. The molecule has 11 heteroatoms. The van der Waals surface area contributed by atoms with Crippen LogP contribution in [0.1, 0.15) is 51.4 Å². The summed E-state index contributed by atoms with van der Waals surface area (Å²) in [4.78, 5) is 35.1. The standard InChI is InChI=1S/C32H36FN5O5/c1-20-29-26(19-42-32(2,3)43-29)21(15-34-20)17-36-10-12-37(13-11-36)28-9-8-22(14-27(28)33)35-16-23(39)18-38-30(40)24-6-4-5-7-25(24)31(38)41/h4-9,14-15,23,35,39H,10-13,16-19H2,1-3H3/t23-/m1/s1. The molecule has 3 aliphatic rings. The second-order valence-electron chi connectivity index (χ2n) is 11.7. The number of aryl methyl sites for hydroxylation is 1. The lowest BCUT2D eigenvalue weighted by Gasteiger charge is -2.38. The summed E-state index contributed by atoms with van der Waals surface area (Å²) >= 11 is 0. The van der Waals surface area contributed by atoms with E-state index in [2.05, 4.69) is 15.2 Å². The molecule has 0 aliphatic carbocycles. The van der Waals surface area contributed by atoms with E-state index in [-0.39, 0.29) is 18.9 Å². The van der Waals surface area contributed by atoms with Crippen molar-refractivity contribution in [2.75, 3.05) is 49.5 Å². The molecule has 1 aromatic heterocycles. The smallest absolute Gasteiger partial charge is 0.261 e. The van der Waals surface area contributed by atoms with Gasteiger partial charge in [0.2, 0.25) is 5.79 Å². The molecular formula is C32H36FN5O5. The lowest BCUT2D eigenvalue weighted by Crippen LogP contribution is -2.46. The molecule has 1 atom stereocenters. The predicted molar refractivity (Wildman–Crippen MR) is 159 cm³/mol. The van der Waals surface area contributed by atoms with Gasteiger partial charge >= 0.3 is 0 Å². The summed E-state index contributed by atoms with van der Waals surface area (Å²) in [7, 11) is 0. The number of aliphatic hydroxyl groups is 1. The average Bonchev–Trinajstić information content (AvgIpc) is 3.22. The zero-order chi connectivity index (χ0) is 30.3. The highest BCUT2D eigenvalue weighted by molar-refractivity contribution is 6.21. The van der Waals surface area contributed by atoms with Crippen LogP contribution < -0.4 is 15.0 Å². The molecule has 0 bridgehead atoms. The Labute approximate surface area is 250 Å². The maximum atomic E-state index is 15.2. The summed E-state index contributed by atoms with van der Waals surface area (Å²) in [5, 5.41) is 13.5. The summed E-state index contributed by atoms with van der Waals surface area (Å²) in [6, 6.07) is 11.5. The number of rotatable bonds is 8. The Morgan fingerprint density at radius 2 is 1.77 bits per heavy atom. The molecule has 6 rings (SSSR count). The van der Waals surface area contributed by atoms with Gasteiger partial charge in [-0.1, -0.05) is 12.1 Å². The van der Waals surface area contributed by atoms with Crippen LogP contribution in [0, 0.1) is 12.7 Å². The van der Waals surface area contributed by atoms with Crippen LogP contribution in [0.5, 0.6) is 5.75 Å². The zero-order valence-electron chi connectivity index (χ0n) is 24.6. The van der Waals surface area contributed by atoms with Crippen LogP contribution in [0.4, 0.5) is 15.8 Å². The number of carbonyl (C=O) groups is 2. The first-order valence-corrected chi connectivity index (χ1v) is 14.5. The summed E-state index contributed by atoms with van der Waals surface area (Å²) in [5.74, 6) is -1.07. The van der Waals surface area contributed by atoms with Crippen LogP contribution in [-0.2, 0) is 17.9 Å². The number of benzene rings is 2. The number of fused-ring (bicyclic) bond motifs is 2. The topological polar surface area (TPSA) is 107 Å². The second kappa shape index (κ2) is 11.6. The van der Waals surface area contributed by atoms with Gasteiger partial charge < -0.3 is 24.8 Å². The maximum absolute atomic E-state index is 15.2. The van der Waals surface area contributed by atoms with Gasteiger partial charge in [-0.05, 0) is 42.8 Å². The largest absolute Gasteiger partial charge is 0.461 e. The number of hydrogen-bond acceptors (Lipinski definition) is 9. The summed E-state index contributed by atoms with van der Waals surface area (Å²) in [6.07, 6.45) is 0.880. The van der Waals surface area contributed by atoms with E-state index >= 15 is 4.39 Å². The van der Waals surface area contributed by atoms with E-state index in [4.69, 9.17) is 9.47 Å². The molecule has 43 heavy (non-hydrogen) atoms. The molecule has 0 radical (unpaired) electrons. The van der Waals surface area contributed by atoms with Crippen molar-refractivity contribution in [1.82, 2.24) is 14.8 Å². The van der Waals surface area contributed by atoms with E-state index in [9.17, 15) is 14.7 Å². The van der Waals surface area contributed by atoms with Crippen molar-refractivity contribution >= 4 is 23.2 Å². The predicted octanol–water partition coefficient (Wildman–Crippen LogP) is 3.57. The lowest BCUT2D eigenvalue weighted by atomic mass is 10.1. The van der Waals surface area contributed by atoms with Crippen LogP contribution in [-0.4, -0.2) is 82.9 Å². The Kier molecular flexibility index (Phi) is 7.80. The molecule has 0 spiro atoms. The minimum Gasteiger partial charge on any atom is -0.461 e. The van der Waals surface area contributed by atoms with Gasteiger partial charge in [-0.25, -0.2) is 4.39 Å². The number of amides is 2. The first-order chi connectivity index (χ1) is 20.6. The highest BCUT2D eigenvalue weighted by Gasteiger charge is 2.36. The number of ether oxygens (including phenoxy) is 2. The SMILES string of the molecule is Cc1ncc(CN2CCN(c3ccc(NC[C@@H](O)CN4C(=O)c5ccccc5C4=O)cc3F)CC2)c2c1OC(C)(C)OC2. The quantitative estimate of drug-likeness (QED) is 0.382. The van der Waals surface area contributed by atoms with Gasteiger partial charge in [-0.2, -0.15) is 0 Å². The van der Waals surface area contributed by atoms with E-state index in [1.54, 1.807) is 36.4 Å². The van der Waals surface area contributed by atoms with E-state index in [0.29, 0.717) is 48.7 Å². The number of nitrogens with one attached hydrogen (secondary N) is 1. The van der Waals surface area contributed by atoms with Gasteiger partial charge in [-0.15, -0.1) is 0 Å². The van der Waals surface area contributed by atoms with Gasteiger partial charge in [0.1, 0.15) is 11.6 Å². The first kappa shape index (κ1) is 29.0. The monoisotopic (exact) mass is 589 g/mol. The number of nitrogens with zero attached hydrogens (tertiary/aromatic N) is 4. The van der Waals surface area contributed by atoms with E-state index in [1.165, 1.54) is 6.07 Å². The van der Waals surface area contributed by atoms with Crippen molar-refractivity contribution in [3.05, 3.63) is 82.4 Å². The molecule has 4 heterocycles. The Balaban J connectivity index is 1.01. The van der Waals surface area contributed by atoms with Gasteiger partial charge in [0, 0.05) is 70.6 Å². The highest BCUT2D eigenvalue weighted by atomic mass is 19.1. The number of aliphatic hydroxyl groups excluding tert-OH is 1. The zero-order valence-corrected chi connectivity index (χ0v) is 24.6. The number of hydrogen-bond donors (Lipinski definition) is 2. The van der Waals surface area contributed by atoms with E-state index < -0.39 is 23.7 Å². The van der Waals surface area contributed by atoms with E-state index in [1.807, 2.05) is 31.9 Å². The molecule has 0 saturated carbocycles. The Hall–Kier alpha value is -4.06. The lowest BCUT2D eigenvalue weighted by molar-refractivity contribution is -0.180. The van der Waals surface area contributed by atoms with Crippen LogP contribution in [0.25, 0.3) is 0 Å². The third-order valence-electron chi connectivity index (χ3n) is 8.18. The van der Waals surface area contributed by atoms with Gasteiger partial charge in [-0.3, -0.25) is 24.4 Å². The van der Waals surface area contributed by atoms with E-state index in [0.717, 1.165) is 40.6 Å². The summed E-state index contributed by atoms with van der Waals surface area (Å²) in [6.45, 7) is 9.70. The van der Waals surface area contributed by atoms with Crippen molar-refractivity contribution in [2.24, 2.45) is 0 Å². The first-order valence-electron chi connectivity index (χ1n) is 14.5. The molecule has 0 unspecified atom stereocenters. The fourth-order valence-corrected chi connectivity index (χ4v) is 5.80. The van der Waals surface area contributed by atoms with Crippen molar-refractivity contribution in [3.63, 3.8) is 0 Å². The molecular weight excluding hydrogens is 553 g/mol. The molecule has 10 nitrogen and oxygen atoms in total. The molecule has 2 aromatic carbocycles. The van der Waals surface area contributed by atoms with Gasteiger partial charge in [0.05, 0.1) is 41.8 Å². The number of anilines is 2. The van der Waals surface area contributed by atoms with Gasteiger partial charge in [0.25, 0.3) is 11.8 Å². The number of imide groups is 1. The summed E-state index contributed by atoms with van der Waals surface area (Å²) < 4.78 is 27.1. The molecule has 2 N–H and O–H groups in total. The second-order valence-corrected chi connectivity index (χ2v) is 11.7. The third-order valence-corrected chi connectivity index (χ3v) is 8.18. The minimum atomic E-state index is -1.02. The van der Waals surface area contributed by atoms with Gasteiger partial charge in [0.15, 0.2) is 0 Å². The Morgan fingerprint density at radius 3 is 2.44 bits per heavy atom. The number of aromatic nitrogens is 1. The number of β-amino-alcohol motifs (C(OH)–C–C–N with tert-alkyl or cyclic N) is 1. The fourth-order valence-electron chi connectivity index (χ4n) is 5.80. The molecule has 226 valence electrons. The highest BCUT2D eigenvalue weighted by Crippen LogP contribution is 2.36. The Morgan fingerprint density at radius 1 is 1.07 bits per heavy atom. The van der Waals surface area contributed by atoms with Crippen molar-refractivity contribution in [2.45, 2.75) is 45.8 Å². The minimum absolute atomic E-state index is 0.0516. The number of piperazine rings is 1. The van der Waals surface area contributed by atoms with Crippen molar-refractivity contribution in [3.8, 4) is 5.75 Å².